The van der Waals surface area contributed by atoms with Crippen LogP contribution < -0.4 is 0 Å². The first-order valence-corrected chi connectivity index (χ1v) is 6.24. The quantitative estimate of drug-likeness (QED) is 0.777. The molecule has 0 radical (unpaired) electrons. The van der Waals surface area contributed by atoms with E-state index in [0.717, 1.165) is 0 Å². The predicted octanol–water partition coefficient (Wildman–Crippen LogP) is 1.64. The fraction of sp³-hybridized carbons (Fsp3) is 0.917. The molecule has 18 heavy (non-hydrogen) atoms. The van der Waals surface area contributed by atoms with Gasteiger partial charge in [0.1, 0.15) is 0 Å². The topological polar surface area (TPSA) is 38.8 Å². The predicted molar refractivity (Wildman–Crippen MR) is 60.2 cm³/mol. The van der Waals surface area contributed by atoms with Crippen molar-refractivity contribution in [1.29, 1.82) is 0 Å². The fourth-order valence-electron chi connectivity index (χ4n) is 2.55. The molecule has 1 atom stereocenters. The van der Waals surface area contributed by atoms with Crippen LogP contribution in [0.5, 0.6) is 0 Å². The van der Waals surface area contributed by atoms with Crippen molar-refractivity contribution in [3.63, 3.8) is 0 Å². The lowest BCUT2D eigenvalue weighted by atomic mass is 9.86. The summed E-state index contributed by atoms with van der Waals surface area (Å²) in [5.41, 5.74) is -0.275. The third-order valence-electron chi connectivity index (χ3n) is 3.50. The van der Waals surface area contributed by atoms with Gasteiger partial charge in [0.2, 0.25) is 5.91 Å². The molecule has 2 heterocycles. The van der Waals surface area contributed by atoms with Gasteiger partial charge < -0.3 is 14.4 Å². The Bertz CT molecular complexity index is 316. The average molecular weight is 263 g/mol. The van der Waals surface area contributed by atoms with Crippen molar-refractivity contribution in [1.82, 2.24) is 4.90 Å². The van der Waals surface area contributed by atoms with Gasteiger partial charge in [0, 0.05) is 25.6 Å². The standard InChI is InChI=1S/C12H19F2NO3/c1-12(2)5-8(3-4-17-12)10(16)15-6-9(7-15)18-11(13)14/h8-9,11H,3-7H2,1-2H3. The number of carbonyl (C=O) groups excluding carboxylic acids is 1. The Labute approximate surface area is 105 Å². The number of hydrogen-bond acceptors (Lipinski definition) is 3. The van der Waals surface area contributed by atoms with Gasteiger partial charge in [-0.05, 0) is 26.7 Å². The van der Waals surface area contributed by atoms with Crippen LogP contribution in [0.1, 0.15) is 26.7 Å². The van der Waals surface area contributed by atoms with E-state index in [9.17, 15) is 13.6 Å². The second-order valence-corrected chi connectivity index (χ2v) is 5.56. The molecule has 0 N–H and O–H groups in total. The summed E-state index contributed by atoms with van der Waals surface area (Å²) in [6.45, 7) is 2.31. The molecule has 0 aromatic heterocycles. The molecule has 1 unspecified atom stereocenters. The van der Waals surface area contributed by atoms with Gasteiger partial charge in [0.05, 0.1) is 11.7 Å². The molecular formula is C12H19F2NO3. The van der Waals surface area contributed by atoms with Crippen LogP contribution in [0.15, 0.2) is 0 Å². The highest BCUT2D eigenvalue weighted by Gasteiger charge is 2.40. The number of likely N-dealkylation sites (tertiary alicyclic amines) is 1. The van der Waals surface area contributed by atoms with Crippen LogP contribution in [0, 0.1) is 5.92 Å². The molecule has 4 nitrogen and oxygen atoms in total. The zero-order valence-corrected chi connectivity index (χ0v) is 10.7. The van der Waals surface area contributed by atoms with Gasteiger partial charge in [-0.15, -0.1) is 0 Å². The minimum Gasteiger partial charge on any atom is -0.376 e. The van der Waals surface area contributed by atoms with E-state index < -0.39 is 12.7 Å². The van der Waals surface area contributed by atoms with E-state index in [2.05, 4.69) is 4.74 Å². The number of amides is 1. The van der Waals surface area contributed by atoms with Crippen LogP contribution in [0.4, 0.5) is 8.78 Å². The zero-order chi connectivity index (χ0) is 13.3. The van der Waals surface area contributed by atoms with E-state index in [1.165, 1.54) is 0 Å². The molecule has 6 heteroatoms. The Morgan fingerprint density at radius 3 is 2.67 bits per heavy atom. The Balaban J connectivity index is 1.79. The minimum absolute atomic E-state index is 0.0421. The summed E-state index contributed by atoms with van der Waals surface area (Å²) in [5.74, 6) is -0.0123. The summed E-state index contributed by atoms with van der Waals surface area (Å²) >= 11 is 0. The number of nitrogens with zero attached hydrogens (tertiary/aromatic N) is 1. The Morgan fingerprint density at radius 2 is 2.11 bits per heavy atom. The normalized spacial score (nSPS) is 28.3. The van der Waals surface area contributed by atoms with Gasteiger partial charge in [0.25, 0.3) is 0 Å². The first kappa shape index (κ1) is 13.7. The molecule has 0 saturated carbocycles. The van der Waals surface area contributed by atoms with Gasteiger partial charge >= 0.3 is 6.61 Å². The van der Waals surface area contributed by atoms with Crippen LogP contribution in [0.2, 0.25) is 0 Å². The second kappa shape index (κ2) is 5.09. The van der Waals surface area contributed by atoms with E-state index in [4.69, 9.17) is 4.74 Å². The highest BCUT2D eigenvalue weighted by molar-refractivity contribution is 5.80. The lowest BCUT2D eigenvalue weighted by molar-refractivity contribution is -0.202. The summed E-state index contributed by atoms with van der Waals surface area (Å²) in [5, 5.41) is 0. The zero-order valence-electron chi connectivity index (χ0n) is 10.7. The van der Waals surface area contributed by atoms with Crippen LogP contribution in [0.3, 0.4) is 0 Å². The van der Waals surface area contributed by atoms with Crippen molar-refractivity contribution in [2.45, 2.75) is 45.0 Å². The average Bonchev–Trinajstić information content (AvgIpc) is 2.20. The van der Waals surface area contributed by atoms with Crippen LogP contribution in [-0.2, 0) is 14.3 Å². The fourth-order valence-corrected chi connectivity index (χ4v) is 2.55. The molecule has 1 amide bonds. The molecule has 0 aromatic carbocycles. The molecule has 2 saturated heterocycles. The maximum Gasteiger partial charge on any atom is 0.345 e. The summed E-state index contributed by atoms with van der Waals surface area (Å²) in [4.78, 5) is 13.7. The van der Waals surface area contributed by atoms with E-state index in [0.29, 0.717) is 19.4 Å². The highest BCUT2D eigenvalue weighted by atomic mass is 19.3. The monoisotopic (exact) mass is 263 g/mol. The number of rotatable bonds is 3. The Hall–Kier alpha value is -0.750. The van der Waals surface area contributed by atoms with Crippen molar-refractivity contribution < 1.29 is 23.0 Å². The van der Waals surface area contributed by atoms with Crippen LogP contribution in [0.25, 0.3) is 0 Å². The largest absolute Gasteiger partial charge is 0.376 e. The van der Waals surface area contributed by atoms with Gasteiger partial charge in [-0.1, -0.05) is 0 Å². The third-order valence-corrected chi connectivity index (χ3v) is 3.50. The summed E-state index contributed by atoms with van der Waals surface area (Å²) in [6.07, 6.45) is 0.878. The van der Waals surface area contributed by atoms with Gasteiger partial charge in [0.15, 0.2) is 0 Å². The maximum atomic E-state index is 12.1. The summed E-state index contributed by atoms with van der Waals surface area (Å²) < 4.78 is 33.8. The molecular weight excluding hydrogens is 244 g/mol. The Kier molecular flexibility index (Phi) is 3.87. The third kappa shape index (κ3) is 3.17. The lowest BCUT2D eigenvalue weighted by Crippen LogP contribution is -2.57. The lowest BCUT2D eigenvalue weighted by Gasteiger charge is -2.43. The van der Waals surface area contributed by atoms with Crippen LogP contribution >= 0.6 is 0 Å². The first-order valence-electron chi connectivity index (χ1n) is 6.24. The van der Waals surface area contributed by atoms with E-state index >= 15 is 0 Å². The SMILES string of the molecule is CC1(C)CC(C(=O)N2CC(OC(F)F)C2)CCO1. The Morgan fingerprint density at radius 1 is 1.44 bits per heavy atom. The highest BCUT2D eigenvalue weighted by Crippen LogP contribution is 2.31. The first-order chi connectivity index (χ1) is 8.37. The maximum absolute atomic E-state index is 12.1. The molecule has 0 bridgehead atoms. The molecule has 2 aliphatic heterocycles. The molecule has 0 aliphatic carbocycles. The van der Waals surface area contributed by atoms with Gasteiger partial charge in [-0.3, -0.25) is 4.79 Å². The minimum atomic E-state index is -2.76. The number of carbonyl (C=O) groups is 1. The molecule has 2 fully saturated rings. The summed E-state index contributed by atoms with van der Waals surface area (Å²) in [7, 11) is 0. The van der Waals surface area contributed by atoms with Crippen molar-refractivity contribution in [3.05, 3.63) is 0 Å². The van der Waals surface area contributed by atoms with Crippen molar-refractivity contribution in [2.75, 3.05) is 19.7 Å². The molecule has 0 aromatic rings. The van der Waals surface area contributed by atoms with Crippen molar-refractivity contribution >= 4 is 5.91 Å². The van der Waals surface area contributed by atoms with Gasteiger partial charge in [-0.2, -0.15) is 8.78 Å². The molecule has 104 valence electrons. The smallest absolute Gasteiger partial charge is 0.345 e. The molecule has 0 spiro atoms. The van der Waals surface area contributed by atoms with E-state index in [-0.39, 0.29) is 30.5 Å². The van der Waals surface area contributed by atoms with E-state index in [1.54, 1.807) is 4.90 Å². The van der Waals surface area contributed by atoms with Crippen molar-refractivity contribution in [3.8, 4) is 0 Å². The molecule has 2 aliphatic rings. The number of ether oxygens (including phenoxy) is 2. The number of hydrogen-bond donors (Lipinski definition) is 0. The van der Waals surface area contributed by atoms with Crippen LogP contribution in [-0.4, -0.2) is 48.8 Å². The number of halogens is 2. The molecule has 2 rings (SSSR count). The van der Waals surface area contributed by atoms with Gasteiger partial charge in [-0.25, -0.2) is 0 Å². The second-order valence-electron chi connectivity index (χ2n) is 5.56. The summed E-state index contributed by atoms with van der Waals surface area (Å²) in [6, 6.07) is 0. The van der Waals surface area contributed by atoms with E-state index in [1.807, 2.05) is 13.8 Å². The number of alkyl halides is 2. The van der Waals surface area contributed by atoms with Crippen molar-refractivity contribution in [2.24, 2.45) is 5.92 Å².